The van der Waals surface area contributed by atoms with E-state index >= 15 is 0 Å². The summed E-state index contributed by atoms with van der Waals surface area (Å²) in [5.41, 5.74) is 3.84. The molecule has 0 aliphatic rings. The molecule has 1 N–H and O–H groups in total. The summed E-state index contributed by atoms with van der Waals surface area (Å²) in [5, 5.41) is 4.87. The first-order valence-corrected chi connectivity index (χ1v) is 9.43. The summed E-state index contributed by atoms with van der Waals surface area (Å²) in [4.78, 5) is 12.2. The van der Waals surface area contributed by atoms with Gasteiger partial charge in [0.2, 0.25) is 0 Å². The number of halogens is 1. The Morgan fingerprint density at radius 1 is 1.25 bits per heavy atom. The van der Waals surface area contributed by atoms with Crippen molar-refractivity contribution < 1.29 is 18.7 Å². The van der Waals surface area contributed by atoms with Crippen LogP contribution in [0.15, 0.2) is 69.1 Å². The van der Waals surface area contributed by atoms with Crippen molar-refractivity contribution in [2.75, 3.05) is 13.2 Å². The van der Waals surface area contributed by atoms with Crippen molar-refractivity contribution in [3.05, 3.63) is 70.9 Å². The fourth-order valence-electron chi connectivity index (χ4n) is 2.49. The summed E-state index contributed by atoms with van der Waals surface area (Å²) in [6, 6.07) is 12.7. The monoisotopic (exact) mass is 442 g/mol. The third kappa shape index (κ3) is 4.61. The van der Waals surface area contributed by atoms with E-state index in [1.54, 1.807) is 30.3 Å². The Kier molecular flexibility index (Phi) is 6.49. The smallest absolute Gasteiger partial charge is 0.307 e. The van der Waals surface area contributed by atoms with E-state index in [-0.39, 0.29) is 5.76 Å². The summed E-state index contributed by atoms with van der Waals surface area (Å²) in [6.07, 6.45) is 3.18. The number of benzene rings is 2. The first kappa shape index (κ1) is 19.7. The number of furan rings is 1. The Morgan fingerprint density at radius 2 is 2.04 bits per heavy atom. The molecule has 0 spiro atoms. The number of hydrogen-bond donors (Lipinski definition) is 1. The number of ether oxygens (including phenoxy) is 2. The normalized spacial score (nSPS) is 10.9. The van der Waals surface area contributed by atoms with E-state index in [9.17, 15) is 4.79 Å². The number of para-hydroxylation sites is 1. The lowest BCUT2D eigenvalue weighted by molar-refractivity contribution is 0.0929. The molecule has 0 bridgehead atoms. The molecule has 0 aliphatic heterocycles. The molecule has 7 heteroatoms. The van der Waals surface area contributed by atoms with Crippen molar-refractivity contribution in [1.82, 2.24) is 5.43 Å². The Bertz CT molecular complexity index is 993. The highest BCUT2D eigenvalue weighted by atomic mass is 79.9. The van der Waals surface area contributed by atoms with E-state index in [0.29, 0.717) is 30.3 Å². The number of fused-ring (bicyclic) bond motifs is 1. The third-order valence-corrected chi connectivity index (χ3v) is 4.43. The van der Waals surface area contributed by atoms with E-state index in [1.807, 2.05) is 25.1 Å². The standard InChI is InChI=1S/C21H19BrN2O4/c1-3-9-27-19-12-16(22)15(11-18(19)26-4-2)13-23-24-21(25)20-10-14-7-5-6-8-17(14)28-20/h3,5-8,10-13H,1,4,9H2,2H3,(H,24,25)/b23-13+. The van der Waals surface area contributed by atoms with Crippen LogP contribution < -0.4 is 14.9 Å². The lowest BCUT2D eigenvalue weighted by Gasteiger charge is -2.12. The van der Waals surface area contributed by atoms with Crippen molar-refractivity contribution in [3.63, 3.8) is 0 Å². The largest absolute Gasteiger partial charge is 0.490 e. The van der Waals surface area contributed by atoms with Crippen molar-refractivity contribution in [1.29, 1.82) is 0 Å². The predicted molar refractivity (Wildman–Crippen MR) is 112 cm³/mol. The van der Waals surface area contributed by atoms with Gasteiger partial charge in [0, 0.05) is 15.4 Å². The summed E-state index contributed by atoms with van der Waals surface area (Å²) in [6.45, 7) is 6.39. The van der Waals surface area contributed by atoms with Crippen LogP contribution in [0.2, 0.25) is 0 Å². The van der Waals surface area contributed by atoms with Crippen LogP contribution in [-0.4, -0.2) is 25.3 Å². The highest BCUT2D eigenvalue weighted by Crippen LogP contribution is 2.33. The van der Waals surface area contributed by atoms with E-state index < -0.39 is 5.91 Å². The molecule has 0 saturated carbocycles. The van der Waals surface area contributed by atoms with Crippen LogP contribution in [-0.2, 0) is 0 Å². The van der Waals surface area contributed by atoms with Crippen LogP contribution in [0.25, 0.3) is 11.0 Å². The van der Waals surface area contributed by atoms with Gasteiger partial charge in [-0.1, -0.05) is 30.9 Å². The zero-order valence-electron chi connectivity index (χ0n) is 15.3. The van der Waals surface area contributed by atoms with Crippen LogP contribution in [0.5, 0.6) is 11.5 Å². The molecule has 1 heterocycles. The van der Waals surface area contributed by atoms with E-state index in [4.69, 9.17) is 13.9 Å². The Labute approximate surface area is 171 Å². The lowest BCUT2D eigenvalue weighted by Crippen LogP contribution is -2.16. The number of hydrogen-bond acceptors (Lipinski definition) is 5. The highest BCUT2D eigenvalue weighted by Gasteiger charge is 2.12. The zero-order chi connectivity index (χ0) is 19.9. The molecule has 0 atom stereocenters. The van der Waals surface area contributed by atoms with Gasteiger partial charge in [0.1, 0.15) is 12.2 Å². The molecular formula is C21H19BrN2O4. The molecule has 0 radical (unpaired) electrons. The molecule has 0 unspecified atom stereocenters. The van der Waals surface area contributed by atoms with Crippen molar-refractivity contribution in [3.8, 4) is 11.5 Å². The average molecular weight is 443 g/mol. The van der Waals surface area contributed by atoms with Gasteiger partial charge in [0.15, 0.2) is 17.3 Å². The van der Waals surface area contributed by atoms with Crippen LogP contribution in [0.4, 0.5) is 0 Å². The van der Waals surface area contributed by atoms with Crippen molar-refractivity contribution in [2.24, 2.45) is 5.10 Å². The van der Waals surface area contributed by atoms with E-state index in [1.165, 1.54) is 6.21 Å². The fraction of sp³-hybridized carbons (Fsp3) is 0.143. The Hall–Kier alpha value is -3.06. The number of rotatable bonds is 8. The van der Waals surface area contributed by atoms with Gasteiger partial charge in [0.05, 0.1) is 12.8 Å². The Balaban J connectivity index is 1.74. The van der Waals surface area contributed by atoms with Gasteiger partial charge in [-0.05, 0) is 47.1 Å². The summed E-state index contributed by atoms with van der Waals surface area (Å²) >= 11 is 3.48. The van der Waals surface area contributed by atoms with Crippen LogP contribution in [0.1, 0.15) is 23.0 Å². The van der Waals surface area contributed by atoms with Gasteiger partial charge in [-0.15, -0.1) is 0 Å². The molecule has 2 aromatic carbocycles. The third-order valence-electron chi connectivity index (χ3n) is 3.74. The molecule has 28 heavy (non-hydrogen) atoms. The van der Waals surface area contributed by atoms with Gasteiger partial charge in [-0.2, -0.15) is 5.10 Å². The van der Waals surface area contributed by atoms with E-state index in [2.05, 4.69) is 33.0 Å². The van der Waals surface area contributed by atoms with Gasteiger partial charge in [-0.3, -0.25) is 4.79 Å². The van der Waals surface area contributed by atoms with Crippen LogP contribution >= 0.6 is 15.9 Å². The SMILES string of the molecule is C=CCOc1cc(Br)c(/C=N/NC(=O)c2cc3ccccc3o2)cc1OCC. The first-order valence-electron chi connectivity index (χ1n) is 8.64. The number of carbonyl (C=O) groups is 1. The summed E-state index contributed by atoms with van der Waals surface area (Å²) < 4.78 is 17.5. The maximum Gasteiger partial charge on any atom is 0.307 e. The molecule has 3 aromatic rings. The zero-order valence-corrected chi connectivity index (χ0v) is 16.9. The minimum Gasteiger partial charge on any atom is -0.490 e. The topological polar surface area (TPSA) is 73.1 Å². The van der Waals surface area contributed by atoms with Gasteiger partial charge in [0.25, 0.3) is 0 Å². The summed E-state index contributed by atoms with van der Waals surface area (Å²) in [7, 11) is 0. The minimum atomic E-state index is -0.431. The number of carbonyl (C=O) groups excluding carboxylic acids is 1. The molecule has 1 amide bonds. The van der Waals surface area contributed by atoms with Gasteiger partial charge < -0.3 is 13.9 Å². The number of nitrogens with zero attached hydrogens (tertiary/aromatic N) is 1. The number of hydrazone groups is 1. The lowest BCUT2D eigenvalue weighted by atomic mass is 10.2. The van der Waals surface area contributed by atoms with Crippen LogP contribution in [0, 0.1) is 0 Å². The molecule has 0 fully saturated rings. The maximum atomic E-state index is 12.2. The van der Waals surface area contributed by atoms with Crippen molar-refractivity contribution >= 4 is 39.0 Å². The first-order chi connectivity index (χ1) is 13.6. The minimum absolute atomic E-state index is 0.195. The second-order valence-corrected chi connectivity index (χ2v) is 6.56. The number of amides is 1. The quantitative estimate of drug-likeness (QED) is 0.305. The Morgan fingerprint density at radius 3 is 2.79 bits per heavy atom. The molecule has 0 aliphatic carbocycles. The predicted octanol–water partition coefficient (Wildman–Crippen LogP) is 4.92. The molecule has 3 rings (SSSR count). The van der Waals surface area contributed by atoms with Gasteiger partial charge in [-0.25, -0.2) is 5.43 Å². The van der Waals surface area contributed by atoms with Gasteiger partial charge >= 0.3 is 5.91 Å². The van der Waals surface area contributed by atoms with E-state index in [0.717, 1.165) is 15.4 Å². The molecule has 144 valence electrons. The molecule has 0 saturated heterocycles. The summed E-state index contributed by atoms with van der Waals surface area (Å²) in [5.74, 6) is 0.940. The molecule has 6 nitrogen and oxygen atoms in total. The molecular weight excluding hydrogens is 424 g/mol. The number of nitrogens with one attached hydrogen (secondary N) is 1. The van der Waals surface area contributed by atoms with Crippen molar-refractivity contribution in [2.45, 2.75) is 6.92 Å². The average Bonchev–Trinajstić information content (AvgIpc) is 3.13. The fourth-order valence-corrected chi connectivity index (χ4v) is 2.91. The van der Waals surface area contributed by atoms with Crippen LogP contribution in [0.3, 0.4) is 0 Å². The second-order valence-electron chi connectivity index (χ2n) is 5.70. The second kappa shape index (κ2) is 9.23. The molecule has 1 aromatic heterocycles. The highest BCUT2D eigenvalue weighted by molar-refractivity contribution is 9.10. The maximum absolute atomic E-state index is 12.2.